The molecule has 16 rings (SSSR count). The van der Waals surface area contributed by atoms with Crippen LogP contribution in [0.4, 0.5) is 0 Å². The highest BCUT2D eigenvalue weighted by molar-refractivity contribution is 5.55. The van der Waals surface area contributed by atoms with Gasteiger partial charge in [-0.25, -0.2) is 0 Å². The van der Waals surface area contributed by atoms with Gasteiger partial charge in [0.2, 0.25) is 0 Å². The third-order valence-corrected chi connectivity index (χ3v) is 24.8. The maximum absolute atomic E-state index is 15.3. The van der Waals surface area contributed by atoms with Gasteiger partial charge in [0.15, 0.2) is 6.29 Å². The normalized spacial score (nSPS) is 19.4. The highest BCUT2D eigenvalue weighted by atomic mass is 16.7. The van der Waals surface area contributed by atoms with Crippen molar-refractivity contribution < 1.29 is 38.3 Å². The number of nitrogens with one attached hydrogen (secondary N) is 4. The topological polar surface area (TPSA) is 159 Å². The minimum Gasteiger partial charge on any atom is -0.497 e. The summed E-state index contributed by atoms with van der Waals surface area (Å²) in [5.41, 5.74) is 15.4. The van der Waals surface area contributed by atoms with Crippen molar-refractivity contribution in [3.05, 3.63) is 490 Å². The van der Waals surface area contributed by atoms with Gasteiger partial charge in [0.1, 0.15) is 48.1 Å². The molecule has 0 radical (unpaired) electrons. The Hall–Kier alpha value is -11.8. The highest BCUT2D eigenvalue weighted by Crippen LogP contribution is 2.47. The zero-order valence-electron chi connectivity index (χ0n) is 70.0. The number of methoxy groups -OCH3 is 2. The molecule has 0 bridgehead atoms. The smallest absolute Gasteiger partial charge is 0.176 e. The molecule has 0 unspecified atom stereocenters. The Bertz CT molecular complexity index is 5050. The molecule has 13 heteroatoms. The molecule has 1 aliphatic carbocycles. The summed E-state index contributed by atoms with van der Waals surface area (Å²) in [5, 5.41) is 33.2. The van der Waals surface area contributed by atoms with Gasteiger partial charge in [-0.15, -0.1) is 0 Å². The van der Waals surface area contributed by atoms with Crippen molar-refractivity contribution in [3.63, 3.8) is 0 Å². The van der Waals surface area contributed by atoms with Crippen LogP contribution in [-0.4, -0.2) is 100 Å². The van der Waals surface area contributed by atoms with Gasteiger partial charge in [0, 0.05) is 25.2 Å². The van der Waals surface area contributed by atoms with Crippen molar-refractivity contribution >= 4 is 0 Å². The van der Waals surface area contributed by atoms with Crippen molar-refractivity contribution in [2.24, 2.45) is 5.73 Å². The lowest BCUT2D eigenvalue weighted by atomic mass is 9.72. The fraction of sp³-hybridized carbons (Fsp3) is 0.236. The first-order valence-corrected chi connectivity index (χ1v) is 43.3. The SMILES string of the molecule is COc1ccc(CO[C@@H]2[C@@H](NC(c3ccccc3)(c3ccccc3)c3ccccc3)[C@@H](O[C@H]3[C@H](O)[C@@H](OCc4ccc(OC)cc4)[C@H](NC(c4ccccc4)(c4ccccc4)c4ccccc4)C[C@@H]3NC(c3ccccc3)(c3ccccc3)c3ccccc3)O[C@H](CNC(c3ccccc3)(c3ccccc3)c3ccccc3)[C@H]2OCCCCCCN)cc1. The number of aliphatic hydroxyl groups excluding tert-OH is 1. The number of aliphatic hydroxyl groups is 1. The lowest BCUT2D eigenvalue weighted by Crippen LogP contribution is -2.73. The average molecular weight is 1630 g/mol. The number of nitrogens with two attached hydrogens (primary N) is 1. The molecular formula is C110H111N5O8. The van der Waals surface area contributed by atoms with E-state index in [4.69, 9.17) is 38.9 Å². The molecule has 0 spiro atoms. The molecule has 14 aromatic carbocycles. The molecule has 10 atom stereocenters. The first-order chi connectivity index (χ1) is 60.7. The molecule has 2 aliphatic rings. The third-order valence-electron chi connectivity index (χ3n) is 24.8. The van der Waals surface area contributed by atoms with E-state index in [0.29, 0.717) is 18.9 Å². The molecule has 2 fully saturated rings. The number of hydrogen-bond donors (Lipinski definition) is 6. The number of benzene rings is 14. The lowest BCUT2D eigenvalue weighted by molar-refractivity contribution is -0.309. The molecular weight excluding hydrogens is 1520 g/mol. The van der Waals surface area contributed by atoms with E-state index in [1.54, 1.807) is 14.2 Å². The third kappa shape index (κ3) is 18.6. The summed E-state index contributed by atoms with van der Waals surface area (Å²) in [4.78, 5) is 0. The van der Waals surface area contributed by atoms with Gasteiger partial charge >= 0.3 is 0 Å². The summed E-state index contributed by atoms with van der Waals surface area (Å²) < 4.78 is 52.2. The lowest BCUT2D eigenvalue weighted by Gasteiger charge is -2.54. The van der Waals surface area contributed by atoms with Gasteiger partial charge in [-0.1, -0.05) is 401 Å². The van der Waals surface area contributed by atoms with Crippen molar-refractivity contribution in [1.29, 1.82) is 0 Å². The summed E-state index contributed by atoms with van der Waals surface area (Å²) in [6.07, 6.45) is -3.94. The van der Waals surface area contributed by atoms with Crippen LogP contribution in [0.2, 0.25) is 0 Å². The van der Waals surface area contributed by atoms with Crippen molar-refractivity contribution in [2.45, 2.75) is 129 Å². The van der Waals surface area contributed by atoms with E-state index < -0.39 is 83.2 Å². The Morgan fingerprint density at radius 1 is 0.317 bits per heavy atom. The van der Waals surface area contributed by atoms with E-state index in [1.807, 2.05) is 36.4 Å². The zero-order valence-corrected chi connectivity index (χ0v) is 70.0. The second-order valence-electron chi connectivity index (χ2n) is 32.1. The summed E-state index contributed by atoms with van der Waals surface area (Å²) >= 11 is 0. The minimum atomic E-state index is -1.47. The number of unbranched alkanes of at least 4 members (excludes halogenated alkanes) is 3. The molecule has 1 saturated heterocycles. The maximum Gasteiger partial charge on any atom is 0.176 e. The first kappa shape index (κ1) is 84.8. The van der Waals surface area contributed by atoms with Gasteiger partial charge in [0.25, 0.3) is 0 Å². The van der Waals surface area contributed by atoms with Crippen molar-refractivity contribution in [2.75, 3.05) is 33.9 Å². The number of ether oxygens (including phenoxy) is 7. The summed E-state index contributed by atoms with van der Waals surface area (Å²) in [5.74, 6) is 1.43. The van der Waals surface area contributed by atoms with E-state index in [0.717, 1.165) is 109 Å². The van der Waals surface area contributed by atoms with Gasteiger partial charge in [-0.2, -0.15) is 0 Å². The molecule has 1 aliphatic heterocycles. The Labute approximate surface area is 725 Å². The predicted octanol–water partition coefficient (Wildman–Crippen LogP) is 19.4. The molecule has 1 heterocycles. The summed E-state index contributed by atoms with van der Waals surface area (Å²) in [6, 6.07) is 141. The van der Waals surface area contributed by atoms with Crippen LogP contribution in [0.25, 0.3) is 0 Å². The quantitative estimate of drug-likeness (QED) is 0.0161. The maximum atomic E-state index is 15.3. The summed E-state index contributed by atoms with van der Waals surface area (Å²) in [6.45, 7) is 1.39. The molecule has 1 saturated carbocycles. The van der Waals surface area contributed by atoms with E-state index in [2.05, 4.69) is 397 Å². The minimum absolute atomic E-state index is 0.107. The Kier molecular flexibility index (Phi) is 28.2. The number of rotatable bonds is 38. The Morgan fingerprint density at radius 2 is 0.602 bits per heavy atom. The standard InChI is InChI=1S/C110H111N5O8/c1-117-95-71-67-81(68-72-95)79-120-102-97(113-108(86-49-23-8-24-50-86,87-51-25-9-26-52-87)88-53-27-10-28-54-88)77-98(114-109(89-55-29-11-30-56-89,90-57-31-12-32-58-90)91-59-33-13-34-60-91)103(101(102)116)123-106-100(115-110(92-61-35-14-36-62-92,93-63-37-15-38-64-93)94-65-39-16-40-66-94)105(121-80-82-69-73-96(118-2)74-70-82)104(119-76-42-4-3-41-75-111)99(122-106)78-112-107(83-43-17-5-18-44-83,84-45-19-6-20-46-84)85-47-21-7-22-48-85/h5-40,43-74,97-106,112-116H,3-4,41-42,75-80,111H2,1-2H3/t97-,98+,99-,100-,101-,102+,103-,104-,105-,106-/m1/s1. The molecule has 624 valence electrons. The van der Waals surface area contributed by atoms with Crippen LogP contribution < -0.4 is 36.5 Å². The van der Waals surface area contributed by atoms with Crippen LogP contribution in [0.1, 0.15) is 110 Å². The Balaban J connectivity index is 0.958. The fourth-order valence-corrected chi connectivity index (χ4v) is 18.8. The van der Waals surface area contributed by atoms with E-state index in [1.165, 1.54) is 0 Å². The monoisotopic (exact) mass is 1630 g/mol. The van der Waals surface area contributed by atoms with Crippen molar-refractivity contribution in [1.82, 2.24) is 21.3 Å². The van der Waals surface area contributed by atoms with E-state index in [9.17, 15) is 0 Å². The second kappa shape index (κ2) is 40.9. The molecule has 7 N–H and O–H groups in total. The van der Waals surface area contributed by atoms with Crippen LogP contribution in [-0.2, 0) is 59.1 Å². The van der Waals surface area contributed by atoms with E-state index >= 15 is 5.11 Å². The highest BCUT2D eigenvalue weighted by Gasteiger charge is 2.58. The first-order valence-electron chi connectivity index (χ1n) is 43.3. The Morgan fingerprint density at radius 3 is 0.911 bits per heavy atom. The fourth-order valence-electron chi connectivity index (χ4n) is 18.8. The second-order valence-corrected chi connectivity index (χ2v) is 32.1. The van der Waals surface area contributed by atoms with Gasteiger partial charge in [0.05, 0.1) is 55.6 Å². The zero-order chi connectivity index (χ0) is 83.9. The van der Waals surface area contributed by atoms with Crippen LogP contribution >= 0.6 is 0 Å². The largest absolute Gasteiger partial charge is 0.497 e. The molecule has 14 aromatic rings. The van der Waals surface area contributed by atoms with Crippen LogP contribution in [0.5, 0.6) is 11.5 Å². The molecule has 0 amide bonds. The average Bonchev–Trinajstić information content (AvgIpc) is 0.734. The van der Waals surface area contributed by atoms with Crippen LogP contribution in [0.15, 0.2) is 413 Å². The van der Waals surface area contributed by atoms with Gasteiger partial charge in [-0.05, 0) is 128 Å². The molecule has 13 nitrogen and oxygen atoms in total. The van der Waals surface area contributed by atoms with Gasteiger partial charge < -0.3 is 44.0 Å². The summed E-state index contributed by atoms with van der Waals surface area (Å²) in [7, 11) is 3.36. The number of hydrogen-bond acceptors (Lipinski definition) is 13. The molecule has 123 heavy (non-hydrogen) atoms. The molecule has 0 aromatic heterocycles. The van der Waals surface area contributed by atoms with Crippen molar-refractivity contribution in [3.8, 4) is 11.5 Å². The predicted molar refractivity (Wildman–Crippen MR) is 490 cm³/mol. The van der Waals surface area contributed by atoms with Crippen LogP contribution in [0.3, 0.4) is 0 Å². The van der Waals surface area contributed by atoms with Crippen LogP contribution in [0, 0.1) is 0 Å². The van der Waals surface area contributed by atoms with Gasteiger partial charge in [-0.3, -0.25) is 21.3 Å². The van der Waals surface area contributed by atoms with E-state index in [-0.39, 0.29) is 26.2 Å².